The normalized spacial score (nSPS) is 28.8. The summed E-state index contributed by atoms with van der Waals surface area (Å²) in [6.07, 6.45) is -4.97. The van der Waals surface area contributed by atoms with Crippen molar-refractivity contribution in [2.45, 2.75) is 94.9 Å². The van der Waals surface area contributed by atoms with E-state index in [-0.39, 0.29) is 50.0 Å². The van der Waals surface area contributed by atoms with Crippen LogP contribution in [0.1, 0.15) is 50.7 Å². The number of halogens is 4. The molecule has 42 heavy (non-hydrogen) atoms. The third kappa shape index (κ3) is 7.59. The van der Waals surface area contributed by atoms with E-state index in [1.807, 2.05) is 0 Å². The van der Waals surface area contributed by atoms with Crippen LogP contribution >= 0.6 is 0 Å². The molecule has 2 heterocycles. The number of hydrogen-bond acceptors (Lipinski definition) is 7. The summed E-state index contributed by atoms with van der Waals surface area (Å²) in [5, 5.41) is 2.95. The lowest BCUT2D eigenvalue weighted by atomic mass is 9.78. The Bertz CT molecular complexity index is 1240. The topological polar surface area (TPSA) is 84.5 Å². The maximum Gasteiger partial charge on any atom is 0.573 e. The Hall–Kier alpha value is -2.77. The molecule has 0 radical (unpaired) electrons. The van der Waals surface area contributed by atoms with Crippen molar-refractivity contribution in [3.8, 4) is 5.75 Å². The molecule has 2 aromatic rings. The molecule has 230 valence electrons. The minimum absolute atomic E-state index is 0.0398. The van der Waals surface area contributed by atoms with Gasteiger partial charge in [-0.15, -0.1) is 13.2 Å². The Morgan fingerprint density at radius 1 is 1.07 bits per heavy atom. The molecular weight excluding hydrogens is 562 g/mol. The first-order valence-corrected chi connectivity index (χ1v) is 14.0. The number of benzene rings is 2. The van der Waals surface area contributed by atoms with E-state index in [0.29, 0.717) is 12.2 Å². The first-order valence-electron chi connectivity index (χ1n) is 14.0. The second-order valence-electron chi connectivity index (χ2n) is 11.3. The van der Waals surface area contributed by atoms with Crippen molar-refractivity contribution in [3.05, 3.63) is 65.5 Å². The molecule has 8 nitrogen and oxygen atoms in total. The fraction of sp³-hybridized carbons (Fsp3) is 0.567. The Morgan fingerprint density at radius 2 is 1.88 bits per heavy atom. The van der Waals surface area contributed by atoms with Gasteiger partial charge in [0.1, 0.15) is 17.7 Å². The smallest absolute Gasteiger partial charge is 0.406 e. The quantitative estimate of drug-likeness (QED) is 0.378. The lowest BCUT2D eigenvalue weighted by molar-refractivity contribution is -0.274. The third-order valence-electron chi connectivity index (χ3n) is 7.64. The molecule has 0 unspecified atom stereocenters. The Kier molecular flexibility index (Phi) is 9.10. The molecule has 5 atom stereocenters. The summed E-state index contributed by atoms with van der Waals surface area (Å²) < 4.78 is 87.3. The van der Waals surface area contributed by atoms with Crippen LogP contribution in [0.25, 0.3) is 0 Å². The average molecular weight is 598 g/mol. The van der Waals surface area contributed by atoms with E-state index in [4.69, 9.17) is 23.7 Å². The highest BCUT2D eigenvalue weighted by atomic mass is 19.4. The van der Waals surface area contributed by atoms with Gasteiger partial charge in [-0.3, -0.25) is 4.79 Å². The van der Waals surface area contributed by atoms with Crippen LogP contribution < -0.4 is 10.1 Å². The van der Waals surface area contributed by atoms with Gasteiger partial charge in [-0.1, -0.05) is 30.3 Å². The first-order chi connectivity index (χ1) is 19.9. The van der Waals surface area contributed by atoms with Gasteiger partial charge in [0.05, 0.1) is 31.5 Å². The molecule has 0 bridgehead atoms. The van der Waals surface area contributed by atoms with Gasteiger partial charge in [0.25, 0.3) is 5.91 Å². The summed E-state index contributed by atoms with van der Waals surface area (Å²) in [5.41, 5.74) is -0.760. The summed E-state index contributed by atoms with van der Waals surface area (Å²) in [4.78, 5) is 13.9. The van der Waals surface area contributed by atoms with E-state index in [1.54, 1.807) is 38.1 Å². The molecule has 3 aliphatic rings. The van der Waals surface area contributed by atoms with E-state index < -0.39 is 47.8 Å². The zero-order valence-electron chi connectivity index (χ0n) is 23.5. The van der Waals surface area contributed by atoms with Crippen LogP contribution in [-0.2, 0) is 41.7 Å². The largest absolute Gasteiger partial charge is 0.573 e. The molecule has 2 aromatic carbocycles. The van der Waals surface area contributed by atoms with Crippen LogP contribution in [0.4, 0.5) is 17.6 Å². The maximum absolute atomic E-state index is 14.5. The highest BCUT2D eigenvalue weighted by Crippen LogP contribution is 2.44. The summed E-state index contributed by atoms with van der Waals surface area (Å²) in [6.45, 7) is 4.15. The maximum atomic E-state index is 14.5. The molecule has 0 aromatic heterocycles. The number of carbonyl (C=O) groups excluding carboxylic acids is 1. The summed E-state index contributed by atoms with van der Waals surface area (Å²) >= 11 is 0. The van der Waals surface area contributed by atoms with Crippen molar-refractivity contribution < 1.29 is 50.8 Å². The van der Waals surface area contributed by atoms with E-state index in [9.17, 15) is 22.4 Å². The molecule has 1 aliphatic carbocycles. The number of amides is 1. The fourth-order valence-electron chi connectivity index (χ4n) is 5.75. The van der Waals surface area contributed by atoms with Crippen molar-refractivity contribution >= 4 is 5.91 Å². The van der Waals surface area contributed by atoms with Crippen LogP contribution in [0.15, 0.2) is 48.5 Å². The fourth-order valence-corrected chi connectivity index (χ4v) is 5.75. The zero-order valence-corrected chi connectivity index (χ0v) is 23.5. The molecule has 1 N–H and O–H groups in total. The number of ether oxygens (including phenoxy) is 6. The predicted molar refractivity (Wildman–Crippen MR) is 141 cm³/mol. The molecule has 0 spiro atoms. The van der Waals surface area contributed by atoms with E-state index in [1.165, 1.54) is 24.3 Å². The van der Waals surface area contributed by atoms with Crippen LogP contribution in [0.3, 0.4) is 0 Å². The highest BCUT2D eigenvalue weighted by Gasteiger charge is 2.58. The van der Waals surface area contributed by atoms with E-state index in [2.05, 4.69) is 10.1 Å². The van der Waals surface area contributed by atoms with Gasteiger partial charge >= 0.3 is 6.36 Å². The molecular formula is C30H35F4NO7. The molecule has 12 heteroatoms. The summed E-state index contributed by atoms with van der Waals surface area (Å²) in [6, 6.07) is 11.6. The van der Waals surface area contributed by atoms with E-state index >= 15 is 0 Å². The highest BCUT2D eigenvalue weighted by molar-refractivity contribution is 5.85. The molecule has 3 fully saturated rings. The average Bonchev–Trinajstić information content (AvgIpc) is 3.55. The van der Waals surface area contributed by atoms with Crippen molar-refractivity contribution in [1.82, 2.24) is 5.32 Å². The Morgan fingerprint density at radius 3 is 2.62 bits per heavy atom. The van der Waals surface area contributed by atoms with Gasteiger partial charge in [-0.2, -0.15) is 0 Å². The van der Waals surface area contributed by atoms with Crippen LogP contribution in [0, 0.1) is 5.82 Å². The Labute approximate surface area is 241 Å². The monoisotopic (exact) mass is 597 g/mol. The SMILES string of the molecule is CC1(C)O[C@H]2[C@H](OCc3cccc(OC(F)(F)F)c3)C[C@](OCc3ccccc3F)(C(=O)NC[C@H]3CCCO3)C[C@H]2O1. The standard InChI is InChI=1S/C30H35F4NO7/c1-28(2)41-25-15-29(27(36)35-16-22-10-6-12-37-22,39-18-20-8-3-4-11-23(20)31)14-24(26(25)42-28)38-17-19-7-5-9-21(13-19)40-30(32,33)34/h3-5,7-9,11,13,22,24-26H,6,10,12,14-18H2,1-2H3,(H,35,36)/t22-,24-,25-,26+,29-/m1/s1. The second kappa shape index (κ2) is 12.5. The predicted octanol–water partition coefficient (Wildman–Crippen LogP) is 5.17. The lowest BCUT2D eigenvalue weighted by Gasteiger charge is -2.43. The number of alkyl halides is 3. The molecule has 1 saturated carbocycles. The van der Waals surface area contributed by atoms with Crippen molar-refractivity contribution in [3.63, 3.8) is 0 Å². The van der Waals surface area contributed by atoms with Crippen LogP contribution in [0.5, 0.6) is 5.75 Å². The minimum Gasteiger partial charge on any atom is -0.406 e. The van der Waals surface area contributed by atoms with Crippen molar-refractivity contribution in [2.75, 3.05) is 13.2 Å². The van der Waals surface area contributed by atoms with Gasteiger partial charge < -0.3 is 33.7 Å². The van der Waals surface area contributed by atoms with Gasteiger partial charge in [0.2, 0.25) is 0 Å². The van der Waals surface area contributed by atoms with Crippen molar-refractivity contribution in [2.24, 2.45) is 0 Å². The van der Waals surface area contributed by atoms with Crippen molar-refractivity contribution in [1.29, 1.82) is 0 Å². The molecule has 2 aliphatic heterocycles. The first kappa shape index (κ1) is 30.7. The number of hydrogen-bond donors (Lipinski definition) is 1. The number of carbonyl (C=O) groups is 1. The van der Waals surface area contributed by atoms with E-state index in [0.717, 1.165) is 12.8 Å². The van der Waals surface area contributed by atoms with Gasteiger partial charge in [0.15, 0.2) is 11.4 Å². The van der Waals surface area contributed by atoms with Crippen LogP contribution in [0.2, 0.25) is 0 Å². The van der Waals surface area contributed by atoms with Gasteiger partial charge in [-0.05, 0) is 50.5 Å². The number of rotatable bonds is 10. The summed E-state index contributed by atoms with van der Waals surface area (Å²) in [5.74, 6) is -2.22. The number of nitrogens with one attached hydrogen (secondary N) is 1. The third-order valence-corrected chi connectivity index (χ3v) is 7.64. The second-order valence-corrected chi connectivity index (χ2v) is 11.3. The lowest BCUT2D eigenvalue weighted by Crippen LogP contribution is -2.60. The Balaban J connectivity index is 1.38. The van der Waals surface area contributed by atoms with Gasteiger partial charge in [0, 0.05) is 31.6 Å². The molecule has 5 rings (SSSR count). The van der Waals surface area contributed by atoms with Gasteiger partial charge in [-0.25, -0.2) is 4.39 Å². The molecule has 2 saturated heterocycles. The van der Waals surface area contributed by atoms with Crippen LogP contribution in [-0.4, -0.2) is 61.2 Å². The zero-order chi connectivity index (χ0) is 30.0. The number of fused-ring (bicyclic) bond motifs is 1. The molecule has 1 amide bonds. The minimum atomic E-state index is -4.83. The summed E-state index contributed by atoms with van der Waals surface area (Å²) in [7, 11) is 0.